The van der Waals surface area contributed by atoms with Gasteiger partial charge in [-0.3, -0.25) is 4.79 Å². The highest BCUT2D eigenvalue weighted by Crippen LogP contribution is 2.07. The minimum Gasteiger partial charge on any atom is -0.350 e. The summed E-state index contributed by atoms with van der Waals surface area (Å²) in [6, 6.07) is 7.83. The first-order valence-electron chi connectivity index (χ1n) is 4.70. The molecule has 0 saturated heterocycles. The smallest absolute Gasteiger partial charge is 0.251 e. The first-order chi connectivity index (χ1) is 6.63. The summed E-state index contributed by atoms with van der Waals surface area (Å²) >= 11 is 2.20. The molecule has 0 aliphatic rings. The van der Waals surface area contributed by atoms with Crippen LogP contribution in [0.25, 0.3) is 0 Å². The number of rotatable bonds is 3. The molecule has 0 fully saturated rings. The summed E-state index contributed by atoms with van der Waals surface area (Å²) in [5.41, 5.74) is 0.734. The van der Waals surface area contributed by atoms with E-state index in [-0.39, 0.29) is 11.9 Å². The topological polar surface area (TPSA) is 29.1 Å². The monoisotopic (exact) mass is 303 g/mol. The SMILES string of the molecule is CCC(C)NC(=O)c1cccc(I)c1. The van der Waals surface area contributed by atoms with E-state index in [1.54, 1.807) is 0 Å². The predicted molar refractivity (Wildman–Crippen MR) is 66.4 cm³/mol. The van der Waals surface area contributed by atoms with Gasteiger partial charge < -0.3 is 5.32 Å². The third-order valence-electron chi connectivity index (χ3n) is 2.08. The van der Waals surface area contributed by atoms with E-state index < -0.39 is 0 Å². The van der Waals surface area contributed by atoms with E-state index in [1.807, 2.05) is 31.2 Å². The lowest BCUT2D eigenvalue weighted by molar-refractivity contribution is 0.0939. The highest BCUT2D eigenvalue weighted by Gasteiger charge is 2.07. The van der Waals surface area contributed by atoms with Gasteiger partial charge in [-0.25, -0.2) is 0 Å². The molecule has 0 heterocycles. The van der Waals surface area contributed by atoms with Crippen molar-refractivity contribution in [3.63, 3.8) is 0 Å². The third kappa shape index (κ3) is 3.29. The molecule has 1 rings (SSSR count). The molecule has 1 atom stereocenters. The Hall–Kier alpha value is -0.580. The van der Waals surface area contributed by atoms with E-state index in [9.17, 15) is 4.79 Å². The molecule has 1 amide bonds. The molecule has 1 aromatic rings. The van der Waals surface area contributed by atoms with Crippen molar-refractivity contribution in [1.29, 1.82) is 0 Å². The highest BCUT2D eigenvalue weighted by molar-refractivity contribution is 14.1. The first-order valence-corrected chi connectivity index (χ1v) is 5.77. The number of nitrogens with one attached hydrogen (secondary N) is 1. The van der Waals surface area contributed by atoms with E-state index in [1.165, 1.54) is 0 Å². The van der Waals surface area contributed by atoms with Crippen LogP contribution in [0.15, 0.2) is 24.3 Å². The highest BCUT2D eigenvalue weighted by atomic mass is 127. The van der Waals surface area contributed by atoms with Crippen molar-refractivity contribution in [3.05, 3.63) is 33.4 Å². The molecule has 0 aliphatic heterocycles. The second-order valence-electron chi connectivity index (χ2n) is 3.29. The summed E-state index contributed by atoms with van der Waals surface area (Å²) in [7, 11) is 0. The molecule has 0 aliphatic carbocycles. The van der Waals surface area contributed by atoms with E-state index in [4.69, 9.17) is 0 Å². The van der Waals surface area contributed by atoms with E-state index in [0.29, 0.717) is 0 Å². The number of hydrogen-bond donors (Lipinski definition) is 1. The minimum atomic E-state index is 0.0119. The standard InChI is InChI=1S/C11H14INO/c1-3-8(2)13-11(14)9-5-4-6-10(12)7-9/h4-8H,3H2,1-2H3,(H,13,14). The largest absolute Gasteiger partial charge is 0.350 e. The summed E-state index contributed by atoms with van der Waals surface area (Å²) in [6.45, 7) is 4.06. The zero-order valence-corrected chi connectivity index (χ0v) is 10.5. The molecule has 1 unspecified atom stereocenters. The lowest BCUT2D eigenvalue weighted by atomic mass is 10.2. The normalized spacial score (nSPS) is 12.2. The molecule has 76 valence electrons. The zero-order valence-electron chi connectivity index (χ0n) is 8.38. The molecule has 0 aromatic heterocycles. The van der Waals surface area contributed by atoms with Crippen LogP contribution in [0.1, 0.15) is 30.6 Å². The van der Waals surface area contributed by atoms with Crippen molar-refractivity contribution in [2.75, 3.05) is 0 Å². The summed E-state index contributed by atoms with van der Waals surface area (Å²) in [5, 5.41) is 2.93. The van der Waals surface area contributed by atoms with E-state index >= 15 is 0 Å². The molecule has 0 radical (unpaired) electrons. The van der Waals surface area contributed by atoms with Crippen molar-refractivity contribution in [2.45, 2.75) is 26.3 Å². The zero-order chi connectivity index (χ0) is 10.6. The number of hydrogen-bond acceptors (Lipinski definition) is 1. The van der Waals surface area contributed by atoms with Gasteiger partial charge in [0.25, 0.3) is 5.91 Å². The van der Waals surface area contributed by atoms with E-state index in [0.717, 1.165) is 15.6 Å². The van der Waals surface area contributed by atoms with Crippen molar-refractivity contribution < 1.29 is 4.79 Å². The maximum absolute atomic E-state index is 11.7. The van der Waals surface area contributed by atoms with Crippen LogP contribution in [0, 0.1) is 3.57 Å². The number of carbonyl (C=O) groups is 1. The van der Waals surface area contributed by atoms with E-state index in [2.05, 4.69) is 34.8 Å². The summed E-state index contributed by atoms with van der Waals surface area (Å²) < 4.78 is 1.08. The van der Waals surface area contributed by atoms with Gasteiger partial charge in [0.15, 0.2) is 0 Å². The Morgan fingerprint density at radius 3 is 2.86 bits per heavy atom. The van der Waals surface area contributed by atoms with Gasteiger partial charge in [-0.1, -0.05) is 13.0 Å². The van der Waals surface area contributed by atoms with Gasteiger partial charge in [-0.2, -0.15) is 0 Å². The second-order valence-corrected chi connectivity index (χ2v) is 4.54. The average molecular weight is 303 g/mol. The van der Waals surface area contributed by atoms with Gasteiger partial charge in [-0.05, 0) is 54.1 Å². The maximum atomic E-state index is 11.7. The Morgan fingerprint density at radius 1 is 1.57 bits per heavy atom. The van der Waals surface area contributed by atoms with Crippen LogP contribution in [-0.2, 0) is 0 Å². The Labute approximate surface area is 98.2 Å². The summed E-state index contributed by atoms with van der Waals surface area (Å²) in [6.07, 6.45) is 0.954. The molecule has 0 bridgehead atoms. The van der Waals surface area contributed by atoms with Crippen molar-refractivity contribution in [3.8, 4) is 0 Å². The van der Waals surface area contributed by atoms with Gasteiger partial charge in [0.2, 0.25) is 0 Å². The number of halogens is 1. The quantitative estimate of drug-likeness (QED) is 0.855. The fourth-order valence-electron chi connectivity index (χ4n) is 1.04. The fourth-order valence-corrected chi connectivity index (χ4v) is 1.58. The Bertz CT molecular complexity index is 325. The molecular formula is C11H14INO. The first kappa shape index (κ1) is 11.5. The Balaban J connectivity index is 2.70. The minimum absolute atomic E-state index is 0.0119. The molecule has 14 heavy (non-hydrogen) atoms. The van der Waals surface area contributed by atoms with Crippen LogP contribution >= 0.6 is 22.6 Å². The molecule has 0 spiro atoms. The number of benzene rings is 1. The third-order valence-corrected chi connectivity index (χ3v) is 2.75. The lowest BCUT2D eigenvalue weighted by Crippen LogP contribution is -2.31. The lowest BCUT2D eigenvalue weighted by Gasteiger charge is -2.11. The molecule has 0 saturated carbocycles. The maximum Gasteiger partial charge on any atom is 0.251 e. The molecule has 1 aromatic carbocycles. The molecule has 3 heteroatoms. The van der Waals surface area contributed by atoms with Gasteiger partial charge in [0.05, 0.1) is 0 Å². The van der Waals surface area contributed by atoms with Crippen LogP contribution in [0.3, 0.4) is 0 Å². The van der Waals surface area contributed by atoms with Crippen molar-refractivity contribution in [1.82, 2.24) is 5.32 Å². The van der Waals surface area contributed by atoms with Crippen molar-refractivity contribution >= 4 is 28.5 Å². The fraction of sp³-hybridized carbons (Fsp3) is 0.364. The second kappa shape index (κ2) is 5.34. The van der Waals surface area contributed by atoms with Crippen LogP contribution in [0.4, 0.5) is 0 Å². The predicted octanol–water partition coefficient (Wildman–Crippen LogP) is 2.82. The summed E-state index contributed by atoms with van der Waals surface area (Å²) in [4.78, 5) is 11.7. The Morgan fingerprint density at radius 2 is 2.29 bits per heavy atom. The van der Waals surface area contributed by atoms with Gasteiger partial charge >= 0.3 is 0 Å². The van der Waals surface area contributed by atoms with Crippen LogP contribution in [0.5, 0.6) is 0 Å². The molecular weight excluding hydrogens is 289 g/mol. The van der Waals surface area contributed by atoms with Crippen LogP contribution in [-0.4, -0.2) is 11.9 Å². The average Bonchev–Trinajstić information content (AvgIpc) is 2.17. The Kier molecular flexibility index (Phi) is 4.38. The van der Waals surface area contributed by atoms with Crippen LogP contribution < -0.4 is 5.32 Å². The van der Waals surface area contributed by atoms with Gasteiger partial charge in [-0.15, -0.1) is 0 Å². The van der Waals surface area contributed by atoms with Gasteiger partial charge in [0.1, 0.15) is 0 Å². The number of amides is 1. The van der Waals surface area contributed by atoms with Crippen molar-refractivity contribution in [2.24, 2.45) is 0 Å². The van der Waals surface area contributed by atoms with Crippen LogP contribution in [0.2, 0.25) is 0 Å². The summed E-state index contributed by atoms with van der Waals surface area (Å²) in [5.74, 6) is 0.0119. The number of carbonyl (C=O) groups excluding carboxylic acids is 1. The molecule has 2 nitrogen and oxygen atoms in total. The molecule has 1 N–H and O–H groups in total. The van der Waals surface area contributed by atoms with Gasteiger partial charge in [0, 0.05) is 15.2 Å².